The Hall–Kier alpha value is -2.69. The average Bonchev–Trinajstić information content (AvgIpc) is 2.74. The second-order valence-corrected chi connectivity index (χ2v) is 8.42. The highest BCUT2D eigenvalue weighted by Gasteiger charge is 2.21. The molecule has 29 heavy (non-hydrogen) atoms. The van der Waals surface area contributed by atoms with Crippen LogP contribution in [0.5, 0.6) is 5.75 Å². The van der Waals surface area contributed by atoms with Gasteiger partial charge in [-0.1, -0.05) is 18.2 Å². The van der Waals surface area contributed by atoms with Gasteiger partial charge in [-0.3, -0.25) is 15.0 Å². The molecular formula is C19H24N4O5S. The number of nitro groups is 1. The van der Waals surface area contributed by atoms with Gasteiger partial charge in [0.2, 0.25) is 10.0 Å². The Morgan fingerprint density at radius 2 is 1.83 bits per heavy atom. The molecule has 1 saturated heterocycles. The highest BCUT2D eigenvalue weighted by atomic mass is 32.2. The number of methoxy groups -OCH3 is 1. The SMILES string of the molecule is COc1ccccc1N1CCN(CCNS(=O)(=O)c2cccc([N+](=O)[O-])c2)CC1. The molecular weight excluding hydrogens is 396 g/mol. The molecule has 0 aliphatic carbocycles. The number of para-hydroxylation sites is 2. The lowest BCUT2D eigenvalue weighted by Crippen LogP contribution is -2.48. The standard InChI is InChI=1S/C19H24N4O5S/c1-28-19-8-3-2-7-18(19)22-13-11-21(12-14-22)10-9-20-29(26,27)17-6-4-5-16(15-17)23(24)25/h2-8,15,20H,9-14H2,1H3. The molecule has 1 aliphatic rings. The number of benzene rings is 2. The van der Waals surface area contributed by atoms with Gasteiger partial charge in [-0.2, -0.15) is 0 Å². The van der Waals surface area contributed by atoms with Gasteiger partial charge >= 0.3 is 0 Å². The third kappa shape index (κ3) is 5.22. The number of non-ortho nitro benzene ring substituents is 1. The number of anilines is 1. The summed E-state index contributed by atoms with van der Waals surface area (Å²) in [7, 11) is -2.13. The van der Waals surface area contributed by atoms with Crippen molar-refractivity contribution in [1.82, 2.24) is 9.62 Å². The third-order valence-corrected chi connectivity index (χ3v) is 6.32. The zero-order valence-electron chi connectivity index (χ0n) is 16.2. The quantitative estimate of drug-likeness (QED) is 0.512. The zero-order chi connectivity index (χ0) is 20.9. The van der Waals surface area contributed by atoms with Gasteiger partial charge in [-0.05, 0) is 18.2 Å². The summed E-state index contributed by atoms with van der Waals surface area (Å²) in [6, 6.07) is 12.9. The molecule has 1 heterocycles. The van der Waals surface area contributed by atoms with E-state index in [1.807, 2.05) is 24.3 Å². The lowest BCUT2D eigenvalue weighted by atomic mass is 10.2. The fourth-order valence-electron chi connectivity index (χ4n) is 3.29. The molecule has 1 fully saturated rings. The Kier molecular flexibility index (Phi) is 6.68. The first-order valence-corrected chi connectivity index (χ1v) is 10.7. The van der Waals surface area contributed by atoms with Crippen LogP contribution in [0.25, 0.3) is 0 Å². The van der Waals surface area contributed by atoms with Crippen LogP contribution in [0.3, 0.4) is 0 Å². The second-order valence-electron chi connectivity index (χ2n) is 6.65. The normalized spacial score (nSPS) is 15.3. The van der Waals surface area contributed by atoms with Crippen molar-refractivity contribution in [2.45, 2.75) is 4.90 Å². The molecule has 10 heteroatoms. The molecule has 2 aromatic carbocycles. The monoisotopic (exact) mass is 420 g/mol. The van der Waals surface area contributed by atoms with Crippen LogP contribution in [-0.4, -0.2) is 64.6 Å². The van der Waals surface area contributed by atoms with Crippen LogP contribution >= 0.6 is 0 Å². The lowest BCUT2D eigenvalue weighted by Gasteiger charge is -2.36. The summed E-state index contributed by atoms with van der Waals surface area (Å²) in [5, 5.41) is 10.8. The molecule has 2 aromatic rings. The summed E-state index contributed by atoms with van der Waals surface area (Å²) >= 11 is 0. The van der Waals surface area contributed by atoms with E-state index in [4.69, 9.17) is 4.74 Å². The van der Waals surface area contributed by atoms with E-state index in [2.05, 4.69) is 14.5 Å². The second kappa shape index (κ2) is 9.21. The summed E-state index contributed by atoms with van der Waals surface area (Å²) in [5.41, 5.74) is 0.807. The molecule has 0 radical (unpaired) electrons. The van der Waals surface area contributed by atoms with Gasteiger partial charge in [0.15, 0.2) is 0 Å². The van der Waals surface area contributed by atoms with Crippen molar-refractivity contribution >= 4 is 21.4 Å². The van der Waals surface area contributed by atoms with E-state index in [1.54, 1.807) is 7.11 Å². The first-order valence-electron chi connectivity index (χ1n) is 9.25. The van der Waals surface area contributed by atoms with E-state index in [-0.39, 0.29) is 17.1 Å². The minimum Gasteiger partial charge on any atom is -0.495 e. The maximum Gasteiger partial charge on any atom is 0.270 e. The molecule has 0 atom stereocenters. The molecule has 9 nitrogen and oxygen atoms in total. The Morgan fingerprint density at radius 1 is 1.10 bits per heavy atom. The molecule has 0 aromatic heterocycles. The van der Waals surface area contributed by atoms with E-state index in [1.165, 1.54) is 18.2 Å². The first-order chi connectivity index (χ1) is 13.9. The Bertz CT molecular complexity index is 959. The fraction of sp³-hybridized carbons (Fsp3) is 0.368. The highest BCUT2D eigenvalue weighted by Crippen LogP contribution is 2.28. The van der Waals surface area contributed by atoms with Gasteiger partial charge in [0.25, 0.3) is 5.69 Å². The van der Waals surface area contributed by atoms with Crippen molar-refractivity contribution < 1.29 is 18.1 Å². The van der Waals surface area contributed by atoms with Crippen molar-refractivity contribution in [2.75, 3.05) is 51.3 Å². The molecule has 1 N–H and O–H groups in total. The van der Waals surface area contributed by atoms with Crippen LogP contribution in [0.2, 0.25) is 0 Å². The van der Waals surface area contributed by atoms with Crippen molar-refractivity contribution in [2.24, 2.45) is 0 Å². The fourth-order valence-corrected chi connectivity index (χ4v) is 4.35. The van der Waals surface area contributed by atoms with Crippen LogP contribution in [0.15, 0.2) is 53.4 Å². The molecule has 3 rings (SSSR count). The van der Waals surface area contributed by atoms with E-state index >= 15 is 0 Å². The van der Waals surface area contributed by atoms with E-state index in [9.17, 15) is 18.5 Å². The van der Waals surface area contributed by atoms with Crippen LogP contribution < -0.4 is 14.4 Å². The van der Waals surface area contributed by atoms with Gasteiger partial charge in [0, 0.05) is 51.4 Å². The summed E-state index contributed by atoms with van der Waals surface area (Å²) in [5.74, 6) is 0.839. The molecule has 156 valence electrons. The molecule has 0 saturated carbocycles. The van der Waals surface area contributed by atoms with Gasteiger partial charge in [0.05, 0.1) is 22.6 Å². The van der Waals surface area contributed by atoms with Crippen LogP contribution in [0, 0.1) is 10.1 Å². The number of piperazine rings is 1. The van der Waals surface area contributed by atoms with Gasteiger partial charge in [0.1, 0.15) is 5.75 Å². The zero-order valence-corrected chi connectivity index (χ0v) is 17.0. The van der Waals surface area contributed by atoms with Gasteiger partial charge in [-0.15, -0.1) is 0 Å². The lowest BCUT2D eigenvalue weighted by molar-refractivity contribution is -0.385. The summed E-state index contributed by atoms with van der Waals surface area (Å²) in [6.07, 6.45) is 0. The van der Waals surface area contributed by atoms with Crippen molar-refractivity contribution in [3.63, 3.8) is 0 Å². The molecule has 1 aliphatic heterocycles. The van der Waals surface area contributed by atoms with E-state index < -0.39 is 14.9 Å². The predicted octanol–water partition coefficient (Wildman–Crippen LogP) is 1.70. The number of nitrogens with zero attached hydrogens (tertiary/aromatic N) is 3. The summed E-state index contributed by atoms with van der Waals surface area (Å²) < 4.78 is 32.7. The molecule has 0 spiro atoms. The number of ether oxygens (including phenoxy) is 1. The van der Waals surface area contributed by atoms with Crippen molar-refractivity contribution in [1.29, 1.82) is 0 Å². The Balaban J connectivity index is 1.50. The van der Waals surface area contributed by atoms with Crippen molar-refractivity contribution in [3.8, 4) is 5.75 Å². The maximum absolute atomic E-state index is 12.4. The summed E-state index contributed by atoms with van der Waals surface area (Å²) in [4.78, 5) is 14.6. The van der Waals surface area contributed by atoms with Crippen LogP contribution in [0.4, 0.5) is 11.4 Å². The third-order valence-electron chi connectivity index (χ3n) is 4.86. The van der Waals surface area contributed by atoms with Crippen LogP contribution in [-0.2, 0) is 10.0 Å². The van der Waals surface area contributed by atoms with Gasteiger partial charge in [-0.25, -0.2) is 13.1 Å². The minimum absolute atomic E-state index is 0.104. The molecule has 0 unspecified atom stereocenters. The number of hydrogen-bond donors (Lipinski definition) is 1. The number of nitrogens with one attached hydrogen (secondary N) is 1. The summed E-state index contributed by atoms with van der Waals surface area (Å²) in [6.45, 7) is 4.04. The molecule has 0 bridgehead atoms. The topological polar surface area (TPSA) is 105 Å². The number of rotatable bonds is 8. The Morgan fingerprint density at radius 3 is 2.52 bits per heavy atom. The molecule has 0 amide bonds. The smallest absolute Gasteiger partial charge is 0.270 e. The van der Waals surface area contributed by atoms with E-state index in [0.29, 0.717) is 6.54 Å². The van der Waals surface area contributed by atoms with Crippen molar-refractivity contribution in [3.05, 3.63) is 58.6 Å². The maximum atomic E-state index is 12.4. The Labute approximate surface area is 170 Å². The number of hydrogen-bond acceptors (Lipinski definition) is 7. The van der Waals surface area contributed by atoms with E-state index in [0.717, 1.165) is 43.7 Å². The minimum atomic E-state index is -3.79. The number of sulfonamides is 1. The van der Waals surface area contributed by atoms with Gasteiger partial charge < -0.3 is 9.64 Å². The average molecular weight is 420 g/mol. The highest BCUT2D eigenvalue weighted by molar-refractivity contribution is 7.89. The van der Waals surface area contributed by atoms with Crippen LogP contribution in [0.1, 0.15) is 0 Å². The number of nitro benzene ring substituents is 1. The first kappa shape index (κ1) is 21.0. The largest absolute Gasteiger partial charge is 0.495 e. The predicted molar refractivity (Wildman–Crippen MR) is 110 cm³/mol.